The van der Waals surface area contributed by atoms with E-state index in [0.717, 1.165) is 50.3 Å². The van der Waals surface area contributed by atoms with Gasteiger partial charge in [0.25, 0.3) is 0 Å². The summed E-state index contributed by atoms with van der Waals surface area (Å²) >= 11 is 0. The first kappa shape index (κ1) is 19.3. The van der Waals surface area contributed by atoms with Gasteiger partial charge in [-0.15, -0.1) is 0 Å². The number of hydrogen-bond acceptors (Lipinski definition) is 3. The molecule has 0 aliphatic heterocycles. The third-order valence-corrected chi connectivity index (χ3v) is 6.01. The number of benzene rings is 2. The van der Waals surface area contributed by atoms with Gasteiger partial charge in [0.1, 0.15) is 12.4 Å². The maximum atomic E-state index is 14.4. The molecule has 0 bridgehead atoms. The van der Waals surface area contributed by atoms with Gasteiger partial charge in [0.15, 0.2) is 11.6 Å². The summed E-state index contributed by atoms with van der Waals surface area (Å²) in [5.41, 5.74) is 7.57. The Morgan fingerprint density at radius 1 is 1.04 bits per heavy atom. The van der Waals surface area contributed by atoms with Gasteiger partial charge >= 0.3 is 0 Å². The van der Waals surface area contributed by atoms with Crippen LogP contribution in [0, 0.1) is 17.6 Å². The lowest BCUT2D eigenvalue weighted by Gasteiger charge is -2.26. The molecule has 2 atom stereocenters. The van der Waals surface area contributed by atoms with E-state index in [-0.39, 0.29) is 24.3 Å². The molecule has 2 aliphatic rings. The van der Waals surface area contributed by atoms with E-state index in [2.05, 4.69) is 5.32 Å². The second kappa shape index (κ2) is 8.58. The van der Waals surface area contributed by atoms with Crippen molar-refractivity contribution in [2.75, 3.05) is 6.54 Å². The zero-order chi connectivity index (χ0) is 19.5. The summed E-state index contributed by atoms with van der Waals surface area (Å²) in [7, 11) is 0. The third-order valence-electron chi connectivity index (χ3n) is 6.01. The molecule has 5 heteroatoms. The molecule has 0 aromatic heterocycles. The van der Waals surface area contributed by atoms with Crippen molar-refractivity contribution in [2.45, 2.75) is 56.7 Å². The Labute approximate surface area is 165 Å². The van der Waals surface area contributed by atoms with Crippen molar-refractivity contribution in [2.24, 2.45) is 11.7 Å². The molecule has 28 heavy (non-hydrogen) atoms. The molecule has 0 saturated heterocycles. The molecule has 150 valence electrons. The Kier molecular flexibility index (Phi) is 5.93. The molecule has 2 aliphatic carbocycles. The van der Waals surface area contributed by atoms with Crippen molar-refractivity contribution >= 4 is 0 Å². The van der Waals surface area contributed by atoms with Crippen LogP contribution in [0.3, 0.4) is 0 Å². The van der Waals surface area contributed by atoms with Gasteiger partial charge in [-0.3, -0.25) is 0 Å². The van der Waals surface area contributed by atoms with Crippen LogP contribution in [0.5, 0.6) is 5.75 Å². The van der Waals surface area contributed by atoms with E-state index in [4.69, 9.17) is 10.5 Å². The number of nitrogens with two attached hydrogens (primary N) is 1. The highest BCUT2D eigenvalue weighted by atomic mass is 19.1. The van der Waals surface area contributed by atoms with Gasteiger partial charge in [0.05, 0.1) is 0 Å². The van der Waals surface area contributed by atoms with E-state index in [1.165, 1.54) is 6.07 Å². The molecule has 2 saturated carbocycles. The molecule has 2 aromatic carbocycles. The lowest BCUT2D eigenvalue weighted by Crippen LogP contribution is -2.32. The summed E-state index contributed by atoms with van der Waals surface area (Å²) in [6.45, 7) is 1.22. The van der Waals surface area contributed by atoms with Gasteiger partial charge in [-0.2, -0.15) is 0 Å². The second-order valence-electron chi connectivity index (χ2n) is 8.22. The Bertz CT molecular complexity index is 791. The van der Waals surface area contributed by atoms with Gasteiger partial charge < -0.3 is 15.8 Å². The van der Waals surface area contributed by atoms with E-state index in [1.54, 1.807) is 0 Å². The van der Waals surface area contributed by atoms with Crippen LogP contribution in [0.4, 0.5) is 8.78 Å². The molecule has 4 rings (SSSR count). The van der Waals surface area contributed by atoms with Crippen molar-refractivity contribution in [1.82, 2.24) is 5.32 Å². The molecule has 0 amide bonds. The standard InChI is InChI=1S/C23H28F2N2O/c24-17-10-20(19-12-22(19)27-13-15-6-8-18(26)9-7-15)23(21(25)11-17)28-14-16-4-2-1-3-5-16/h1-5,10-11,15,18-19,22,27H,6-9,12-14,26H2/t15?,18?,19-,22-/m1/s1. The Hall–Kier alpha value is -1.98. The summed E-state index contributed by atoms with van der Waals surface area (Å²) in [5, 5.41) is 3.59. The number of rotatable bonds is 7. The Morgan fingerprint density at radius 2 is 1.79 bits per heavy atom. The first-order chi connectivity index (χ1) is 13.6. The van der Waals surface area contributed by atoms with Crippen LogP contribution in [-0.2, 0) is 6.61 Å². The number of nitrogens with one attached hydrogen (secondary N) is 1. The van der Waals surface area contributed by atoms with Crippen LogP contribution in [0.1, 0.15) is 49.1 Å². The molecule has 3 N–H and O–H groups in total. The fourth-order valence-corrected chi connectivity index (χ4v) is 4.21. The maximum Gasteiger partial charge on any atom is 0.168 e. The van der Waals surface area contributed by atoms with Crippen molar-refractivity contribution in [3.05, 3.63) is 65.2 Å². The van der Waals surface area contributed by atoms with Crippen molar-refractivity contribution in [3.63, 3.8) is 0 Å². The van der Waals surface area contributed by atoms with Gasteiger partial charge in [-0.1, -0.05) is 30.3 Å². The predicted molar refractivity (Wildman–Crippen MR) is 106 cm³/mol. The molecular formula is C23H28F2N2O. The molecule has 0 unspecified atom stereocenters. The minimum Gasteiger partial charge on any atom is -0.486 e. The number of halogens is 2. The zero-order valence-corrected chi connectivity index (χ0v) is 16.0. The smallest absolute Gasteiger partial charge is 0.168 e. The first-order valence-corrected chi connectivity index (χ1v) is 10.2. The minimum absolute atomic E-state index is 0.0989. The second-order valence-corrected chi connectivity index (χ2v) is 8.22. The summed E-state index contributed by atoms with van der Waals surface area (Å²) in [4.78, 5) is 0. The van der Waals surface area contributed by atoms with Crippen molar-refractivity contribution in [3.8, 4) is 5.75 Å². The highest BCUT2D eigenvalue weighted by Crippen LogP contribution is 2.46. The first-order valence-electron chi connectivity index (χ1n) is 10.2. The molecule has 2 aromatic rings. The molecule has 0 radical (unpaired) electrons. The molecular weight excluding hydrogens is 358 g/mol. The third kappa shape index (κ3) is 4.70. The van der Waals surface area contributed by atoms with Crippen LogP contribution >= 0.6 is 0 Å². The van der Waals surface area contributed by atoms with Crippen LogP contribution in [0.15, 0.2) is 42.5 Å². The molecule has 2 fully saturated rings. The topological polar surface area (TPSA) is 47.3 Å². The van der Waals surface area contributed by atoms with Gasteiger partial charge in [0, 0.05) is 29.6 Å². The Morgan fingerprint density at radius 3 is 2.54 bits per heavy atom. The van der Waals surface area contributed by atoms with E-state index in [9.17, 15) is 8.78 Å². The summed E-state index contributed by atoms with van der Waals surface area (Å²) in [5.74, 6) is -0.242. The molecule has 3 nitrogen and oxygen atoms in total. The fraction of sp³-hybridized carbons (Fsp3) is 0.478. The lowest BCUT2D eigenvalue weighted by atomic mass is 9.86. The zero-order valence-electron chi connectivity index (χ0n) is 16.0. The van der Waals surface area contributed by atoms with Crippen LogP contribution < -0.4 is 15.8 Å². The van der Waals surface area contributed by atoms with Crippen molar-refractivity contribution < 1.29 is 13.5 Å². The van der Waals surface area contributed by atoms with Crippen LogP contribution in [0.25, 0.3) is 0 Å². The van der Waals surface area contributed by atoms with E-state index < -0.39 is 11.6 Å². The maximum absolute atomic E-state index is 14.4. The van der Waals surface area contributed by atoms with Crippen LogP contribution in [0.2, 0.25) is 0 Å². The highest BCUT2D eigenvalue weighted by Gasteiger charge is 2.41. The average molecular weight is 386 g/mol. The summed E-state index contributed by atoms with van der Waals surface area (Å²) in [6.07, 6.45) is 5.38. The van der Waals surface area contributed by atoms with Crippen molar-refractivity contribution in [1.29, 1.82) is 0 Å². The van der Waals surface area contributed by atoms with Gasteiger partial charge in [-0.25, -0.2) is 8.78 Å². The largest absolute Gasteiger partial charge is 0.486 e. The van der Waals surface area contributed by atoms with E-state index in [0.29, 0.717) is 17.5 Å². The normalized spacial score (nSPS) is 26.8. The predicted octanol–water partition coefficient (Wildman–Crippen LogP) is 4.51. The lowest BCUT2D eigenvalue weighted by molar-refractivity contribution is 0.285. The SMILES string of the molecule is NC1CCC(CN[C@@H]2C[C@@H]2c2cc(F)cc(F)c2OCc2ccccc2)CC1. The van der Waals surface area contributed by atoms with Gasteiger partial charge in [0.2, 0.25) is 0 Å². The van der Waals surface area contributed by atoms with Gasteiger partial charge in [-0.05, 0) is 56.2 Å². The average Bonchev–Trinajstić information content (AvgIpc) is 3.47. The number of hydrogen-bond donors (Lipinski definition) is 2. The molecule has 0 heterocycles. The number of ether oxygens (including phenoxy) is 1. The molecule has 0 spiro atoms. The monoisotopic (exact) mass is 386 g/mol. The highest BCUT2D eigenvalue weighted by molar-refractivity contribution is 5.42. The summed E-state index contributed by atoms with van der Waals surface area (Å²) < 4.78 is 34.1. The summed E-state index contributed by atoms with van der Waals surface area (Å²) in [6, 6.07) is 12.6. The fourth-order valence-electron chi connectivity index (χ4n) is 4.21. The Balaban J connectivity index is 1.38. The quantitative estimate of drug-likeness (QED) is 0.736. The van der Waals surface area contributed by atoms with Crippen LogP contribution in [-0.4, -0.2) is 18.6 Å². The van der Waals surface area contributed by atoms with E-state index in [1.807, 2.05) is 30.3 Å². The minimum atomic E-state index is -0.627. The van der Waals surface area contributed by atoms with E-state index >= 15 is 0 Å².